The summed E-state index contributed by atoms with van der Waals surface area (Å²) in [5.74, 6) is -0.854. The van der Waals surface area contributed by atoms with E-state index in [4.69, 9.17) is 10.5 Å². The summed E-state index contributed by atoms with van der Waals surface area (Å²) >= 11 is 6.94. The van der Waals surface area contributed by atoms with Crippen LogP contribution in [0.3, 0.4) is 0 Å². The number of halogens is 2. The van der Waals surface area contributed by atoms with Gasteiger partial charge in [-0.25, -0.2) is 4.79 Å². The molecule has 0 unspecified atom stereocenters. The Morgan fingerprint density at radius 2 is 1.46 bits per heavy atom. The number of aryl methyl sites for hydroxylation is 1. The highest BCUT2D eigenvalue weighted by Crippen LogP contribution is 2.30. The Morgan fingerprint density at radius 1 is 0.820 bits per heavy atom. The molecule has 4 rings (SSSR count). The third-order valence-electron chi connectivity index (χ3n) is 8.39. The molecule has 0 spiro atoms. The van der Waals surface area contributed by atoms with E-state index in [1.807, 2.05) is 72.8 Å². The summed E-state index contributed by atoms with van der Waals surface area (Å²) in [6.45, 7) is 2.95. The lowest BCUT2D eigenvalue weighted by atomic mass is 10.0. The van der Waals surface area contributed by atoms with Crippen LogP contribution in [0.2, 0.25) is 0 Å². The van der Waals surface area contributed by atoms with Crippen molar-refractivity contribution in [2.45, 2.75) is 63.6 Å². The second-order valence-corrected chi connectivity index (χ2v) is 14.0. The number of carbonyl (C=O) groups is 4. The summed E-state index contributed by atoms with van der Waals surface area (Å²) < 4.78 is 6.61. The van der Waals surface area contributed by atoms with E-state index in [0.717, 1.165) is 23.1 Å². The molecule has 268 valence electrons. The first kappa shape index (κ1) is 38.9. The Kier molecular flexibility index (Phi) is 16.1. The molecule has 50 heavy (non-hydrogen) atoms. The number of carbonyl (C=O) groups excluding carboxylic acids is 4. The number of nitrogens with zero attached hydrogens (tertiary/aromatic N) is 1. The second-order valence-electron chi connectivity index (χ2n) is 12.3. The number of ether oxygens (including phenoxy) is 1. The molecule has 0 radical (unpaired) electrons. The second kappa shape index (κ2) is 20.7. The number of amides is 4. The molecule has 1 aliphatic rings. The van der Waals surface area contributed by atoms with Gasteiger partial charge in [0.05, 0.1) is 5.69 Å². The predicted molar refractivity (Wildman–Crippen MR) is 201 cm³/mol. The van der Waals surface area contributed by atoms with E-state index < -0.39 is 24.1 Å². The molecule has 13 heteroatoms. The fourth-order valence-corrected chi connectivity index (χ4v) is 6.92. The van der Waals surface area contributed by atoms with Gasteiger partial charge in [0.15, 0.2) is 0 Å². The summed E-state index contributed by atoms with van der Waals surface area (Å²) in [5, 5.41) is 11.9. The van der Waals surface area contributed by atoms with Crippen LogP contribution in [0.5, 0.6) is 0 Å². The van der Waals surface area contributed by atoms with Crippen molar-refractivity contribution in [2.24, 2.45) is 0 Å². The molecule has 0 bridgehead atoms. The molecule has 0 saturated carbocycles. The quantitative estimate of drug-likeness (QED) is 0.0965. The van der Waals surface area contributed by atoms with Crippen molar-refractivity contribution < 1.29 is 23.9 Å². The number of rotatable bonds is 17. The highest BCUT2D eigenvalue weighted by atomic mass is 79.9. The van der Waals surface area contributed by atoms with Gasteiger partial charge in [-0.05, 0) is 92.8 Å². The Bertz CT molecular complexity index is 1530. The number of hydrogen-bond acceptors (Lipinski definition) is 7. The average molecular weight is 815 g/mol. The average Bonchev–Trinajstić information content (AvgIpc) is 3.13. The van der Waals surface area contributed by atoms with E-state index in [1.54, 1.807) is 4.90 Å². The Hall–Kier alpha value is -3.94. The summed E-state index contributed by atoms with van der Waals surface area (Å²) in [7, 11) is 0. The van der Waals surface area contributed by atoms with Gasteiger partial charge >= 0.3 is 6.09 Å². The number of nitrogens with two attached hydrogens (primary N) is 1. The third kappa shape index (κ3) is 13.1. The van der Waals surface area contributed by atoms with E-state index in [0.29, 0.717) is 73.0 Å². The molecule has 1 fully saturated rings. The van der Waals surface area contributed by atoms with E-state index in [9.17, 15) is 19.2 Å². The fourth-order valence-electron chi connectivity index (χ4n) is 5.64. The lowest BCUT2D eigenvalue weighted by molar-refractivity contribution is -0.138. The minimum absolute atomic E-state index is 0.166. The molecule has 1 aliphatic heterocycles. The van der Waals surface area contributed by atoms with Crippen LogP contribution in [0.15, 0.2) is 81.7 Å². The molecule has 2 atom stereocenters. The van der Waals surface area contributed by atoms with Gasteiger partial charge < -0.3 is 36.6 Å². The first-order chi connectivity index (χ1) is 24.2. The number of anilines is 1. The summed E-state index contributed by atoms with van der Waals surface area (Å²) in [6.07, 6.45) is 2.80. The van der Waals surface area contributed by atoms with Crippen LogP contribution in [-0.2, 0) is 38.6 Å². The molecule has 1 heterocycles. The number of nitrogens with one attached hydrogen (secondary N) is 4. The highest BCUT2D eigenvalue weighted by Gasteiger charge is 2.30. The topological polar surface area (TPSA) is 155 Å². The smallest absolute Gasteiger partial charge is 0.407 e. The SMILES string of the molecule is Nc1c(Br)cc(C[C@@H](NC(=O)CCCc2ccccc2)C(=O)N[C@@H](CCCCNC(=O)OCc2ccccc2)C(=O)N2CCNCC2)cc1Br. The van der Waals surface area contributed by atoms with Gasteiger partial charge in [0.25, 0.3) is 0 Å². The Balaban J connectivity index is 1.38. The van der Waals surface area contributed by atoms with Crippen molar-refractivity contribution in [3.63, 3.8) is 0 Å². The van der Waals surface area contributed by atoms with Gasteiger partial charge in [0.1, 0.15) is 18.7 Å². The first-order valence-corrected chi connectivity index (χ1v) is 18.6. The summed E-state index contributed by atoms with van der Waals surface area (Å²) in [6, 6.07) is 21.3. The molecule has 0 aliphatic carbocycles. The van der Waals surface area contributed by atoms with Gasteiger partial charge in [-0.15, -0.1) is 0 Å². The molecule has 6 N–H and O–H groups in total. The molecule has 4 amide bonds. The maximum Gasteiger partial charge on any atom is 0.407 e. The van der Waals surface area contributed by atoms with Crippen LogP contribution in [-0.4, -0.2) is 73.5 Å². The van der Waals surface area contributed by atoms with E-state index in [-0.39, 0.29) is 31.3 Å². The van der Waals surface area contributed by atoms with Crippen LogP contribution in [0.1, 0.15) is 48.8 Å². The van der Waals surface area contributed by atoms with Crippen molar-refractivity contribution in [2.75, 3.05) is 38.5 Å². The zero-order chi connectivity index (χ0) is 35.7. The summed E-state index contributed by atoms with van der Waals surface area (Å²) in [4.78, 5) is 54.8. The first-order valence-electron chi connectivity index (χ1n) is 17.0. The number of hydrogen-bond donors (Lipinski definition) is 5. The molecule has 11 nitrogen and oxygen atoms in total. The number of piperazine rings is 1. The number of benzene rings is 3. The molecule has 3 aromatic carbocycles. The van der Waals surface area contributed by atoms with Crippen LogP contribution in [0.25, 0.3) is 0 Å². The van der Waals surface area contributed by atoms with Crippen LogP contribution in [0, 0.1) is 0 Å². The minimum atomic E-state index is -0.930. The van der Waals surface area contributed by atoms with Crippen LogP contribution < -0.4 is 27.0 Å². The highest BCUT2D eigenvalue weighted by molar-refractivity contribution is 9.11. The molecule has 0 aromatic heterocycles. The zero-order valence-electron chi connectivity index (χ0n) is 28.1. The van der Waals surface area contributed by atoms with Crippen molar-refractivity contribution in [3.05, 3.63) is 98.4 Å². The fraction of sp³-hybridized carbons (Fsp3) is 0.405. The molecule has 3 aromatic rings. The van der Waals surface area contributed by atoms with Gasteiger partial charge in [-0.3, -0.25) is 14.4 Å². The molecular weight excluding hydrogens is 768 g/mol. The van der Waals surface area contributed by atoms with Crippen molar-refractivity contribution in [1.29, 1.82) is 0 Å². The normalized spacial score (nSPS) is 13.9. The standard InChI is InChI=1S/C37H46Br2N6O5/c38-29-22-28(23-30(39)34(29)40)24-32(43-33(46)16-9-14-26-10-3-1-4-11-26)35(47)44-31(36(48)45-20-18-41-19-21-45)15-7-8-17-42-37(49)50-25-27-12-5-2-6-13-27/h1-6,10-13,22-23,31-32,41H,7-9,14-21,24-25,40H2,(H,42,49)(H,43,46)(H,44,47)/t31-,32+/m0/s1. The van der Waals surface area contributed by atoms with Gasteiger partial charge in [0.2, 0.25) is 17.7 Å². The summed E-state index contributed by atoms with van der Waals surface area (Å²) in [5.41, 5.74) is 9.44. The van der Waals surface area contributed by atoms with Gasteiger partial charge in [-0.1, -0.05) is 60.7 Å². The van der Waals surface area contributed by atoms with Crippen molar-refractivity contribution >= 4 is 61.4 Å². The van der Waals surface area contributed by atoms with Gasteiger partial charge in [0, 0.05) is 54.5 Å². The lowest BCUT2D eigenvalue weighted by Gasteiger charge is -2.32. The van der Waals surface area contributed by atoms with E-state index >= 15 is 0 Å². The van der Waals surface area contributed by atoms with Crippen molar-refractivity contribution in [3.8, 4) is 0 Å². The van der Waals surface area contributed by atoms with E-state index in [2.05, 4.69) is 53.1 Å². The largest absolute Gasteiger partial charge is 0.445 e. The number of nitrogen functional groups attached to an aromatic ring is 1. The van der Waals surface area contributed by atoms with Crippen LogP contribution in [0.4, 0.5) is 10.5 Å². The number of alkyl carbamates (subject to hydrolysis) is 1. The van der Waals surface area contributed by atoms with Crippen LogP contribution >= 0.6 is 31.9 Å². The third-order valence-corrected chi connectivity index (χ3v) is 9.70. The molecular formula is C37H46Br2N6O5. The molecule has 1 saturated heterocycles. The maximum atomic E-state index is 13.9. The lowest BCUT2D eigenvalue weighted by Crippen LogP contribution is -2.57. The van der Waals surface area contributed by atoms with Crippen molar-refractivity contribution in [1.82, 2.24) is 26.2 Å². The number of unbranched alkanes of at least 4 members (excludes halogenated alkanes) is 1. The van der Waals surface area contributed by atoms with E-state index in [1.165, 1.54) is 0 Å². The zero-order valence-corrected chi connectivity index (χ0v) is 31.3. The Morgan fingerprint density at radius 3 is 2.12 bits per heavy atom. The predicted octanol–water partition coefficient (Wildman–Crippen LogP) is 4.86. The minimum Gasteiger partial charge on any atom is -0.445 e. The maximum absolute atomic E-state index is 13.9. The van der Waals surface area contributed by atoms with Gasteiger partial charge in [-0.2, -0.15) is 0 Å². The Labute approximate surface area is 310 Å². The monoisotopic (exact) mass is 812 g/mol.